The second kappa shape index (κ2) is 13.1. The van der Waals surface area contributed by atoms with Crippen LogP contribution in [0.2, 0.25) is 0 Å². The second-order valence-electron chi connectivity index (χ2n) is 7.87. The Balaban J connectivity index is 1.35. The smallest absolute Gasteiger partial charge is 0.191 e. The first-order chi connectivity index (χ1) is 15.3. The minimum absolute atomic E-state index is 0.301. The topological polar surface area (TPSA) is 72.7 Å². The van der Waals surface area contributed by atoms with E-state index in [0.29, 0.717) is 12.7 Å². The minimum Gasteiger partial charge on any atom is -0.379 e. The highest BCUT2D eigenvalue weighted by Gasteiger charge is 2.14. The molecule has 0 spiro atoms. The zero-order valence-corrected chi connectivity index (χ0v) is 19.0. The molecule has 1 aromatic heterocycles. The molecule has 31 heavy (non-hydrogen) atoms. The van der Waals surface area contributed by atoms with Crippen LogP contribution in [0.5, 0.6) is 0 Å². The van der Waals surface area contributed by atoms with Crippen LogP contribution in [0, 0.1) is 6.92 Å². The van der Waals surface area contributed by atoms with Crippen molar-refractivity contribution in [3.8, 4) is 5.69 Å². The van der Waals surface area contributed by atoms with Gasteiger partial charge in [-0.1, -0.05) is 18.2 Å². The second-order valence-corrected chi connectivity index (χ2v) is 7.87. The Morgan fingerprint density at radius 1 is 1.26 bits per heavy atom. The maximum atomic E-state index is 5.72. The molecule has 170 valence electrons. The molecule has 0 radical (unpaired) electrons. The normalized spacial score (nSPS) is 16.6. The van der Waals surface area contributed by atoms with Crippen molar-refractivity contribution in [2.45, 2.75) is 52.1 Å². The summed E-state index contributed by atoms with van der Waals surface area (Å²) in [5.74, 6) is 0.873. The molecule has 1 fully saturated rings. The molecule has 1 aromatic carbocycles. The lowest BCUT2D eigenvalue weighted by Gasteiger charge is -2.12. The summed E-state index contributed by atoms with van der Waals surface area (Å²) in [6.07, 6.45) is 7.63. The first-order valence-corrected chi connectivity index (χ1v) is 11.6. The lowest BCUT2D eigenvalue weighted by molar-refractivity contribution is 0.0168. The zero-order chi connectivity index (χ0) is 21.7. The molecule has 1 aliphatic heterocycles. The van der Waals surface area contributed by atoms with Gasteiger partial charge >= 0.3 is 0 Å². The SMILES string of the molecule is CCNC(=NCCCc1cn(-c2ccccc2)nc1C)NCCCOCC1CCCO1. The third-order valence-electron chi connectivity index (χ3n) is 5.33. The number of nitrogens with one attached hydrogen (secondary N) is 2. The Hall–Kier alpha value is -2.38. The highest BCUT2D eigenvalue weighted by molar-refractivity contribution is 5.79. The molecule has 1 unspecified atom stereocenters. The van der Waals surface area contributed by atoms with Gasteiger partial charge in [0.2, 0.25) is 0 Å². The number of hydrogen-bond acceptors (Lipinski definition) is 4. The third-order valence-corrected chi connectivity index (χ3v) is 5.33. The summed E-state index contributed by atoms with van der Waals surface area (Å²) in [7, 11) is 0. The molecular formula is C24H37N5O2. The monoisotopic (exact) mass is 427 g/mol. The van der Waals surface area contributed by atoms with E-state index >= 15 is 0 Å². The third kappa shape index (κ3) is 7.99. The highest BCUT2D eigenvalue weighted by Crippen LogP contribution is 2.13. The van der Waals surface area contributed by atoms with E-state index in [-0.39, 0.29) is 0 Å². The summed E-state index contributed by atoms with van der Waals surface area (Å²) in [5.41, 5.74) is 3.45. The minimum atomic E-state index is 0.301. The van der Waals surface area contributed by atoms with Crippen LogP contribution in [0.25, 0.3) is 5.69 Å². The molecule has 7 heteroatoms. The van der Waals surface area contributed by atoms with Crippen molar-refractivity contribution in [2.75, 3.05) is 39.5 Å². The Morgan fingerprint density at radius 3 is 2.90 bits per heavy atom. The first-order valence-electron chi connectivity index (χ1n) is 11.6. The fraction of sp³-hybridized carbons (Fsp3) is 0.583. The van der Waals surface area contributed by atoms with E-state index in [1.54, 1.807) is 0 Å². The molecule has 2 N–H and O–H groups in total. The summed E-state index contributed by atoms with van der Waals surface area (Å²) in [6.45, 7) is 8.98. The molecule has 2 heterocycles. The van der Waals surface area contributed by atoms with E-state index in [0.717, 1.165) is 82.3 Å². The van der Waals surface area contributed by atoms with E-state index in [1.165, 1.54) is 5.56 Å². The largest absolute Gasteiger partial charge is 0.379 e. The van der Waals surface area contributed by atoms with E-state index in [4.69, 9.17) is 14.5 Å². The average molecular weight is 428 g/mol. The van der Waals surface area contributed by atoms with Crippen LogP contribution in [0.15, 0.2) is 41.5 Å². The van der Waals surface area contributed by atoms with Crippen LogP contribution < -0.4 is 10.6 Å². The quantitative estimate of drug-likeness (QED) is 0.309. The molecule has 0 saturated carbocycles. The van der Waals surface area contributed by atoms with E-state index in [1.807, 2.05) is 22.9 Å². The van der Waals surface area contributed by atoms with E-state index < -0.39 is 0 Å². The molecule has 1 atom stereocenters. The van der Waals surface area contributed by atoms with Gasteiger partial charge in [0.05, 0.1) is 24.1 Å². The average Bonchev–Trinajstić information content (AvgIpc) is 3.44. The van der Waals surface area contributed by atoms with Crippen molar-refractivity contribution >= 4 is 5.96 Å². The molecule has 7 nitrogen and oxygen atoms in total. The van der Waals surface area contributed by atoms with Crippen LogP contribution in [0.3, 0.4) is 0 Å². The summed E-state index contributed by atoms with van der Waals surface area (Å²) in [5, 5.41) is 11.4. The van der Waals surface area contributed by atoms with Crippen LogP contribution in [-0.2, 0) is 15.9 Å². The van der Waals surface area contributed by atoms with Crippen LogP contribution in [0.4, 0.5) is 0 Å². The van der Waals surface area contributed by atoms with Crippen molar-refractivity contribution in [1.82, 2.24) is 20.4 Å². The lowest BCUT2D eigenvalue weighted by Crippen LogP contribution is -2.38. The zero-order valence-electron chi connectivity index (χ0n) is 19.0. The van der Waals surface area contributed by atoms with Crippen molar-refractivity contribution in [2.24, 2.45) is 4.99 Å². The van der Waals surface area contributed by atoms with Gasteiger partial charge in [0.1, 0.15) is 0 Å². The highest BCUT2D eigenvalue weighted by atomic mass is 16.5. The van der Waals surface area contributed by atoms with E-state index in [2.05, 4.69) is 47.9 Å². The summed E-state index contributed by atoms with van der Waals surface area (Å²) in [6, 6.07) is 10.2. The number of aryl methyl sites for hydroxylation is 2. The van der Waals surface area contributed by atoms with Gasteiger partial charge in [-0.05, 0) is 63.6 Å². The van der Waals surface area contributed by atoms with Crippen LogP contribution in [0.1, 0.15) is 43.9 Å². The van der Waals surface area contributed by atoms with Crippen molar-refractivity contribution < 1.29 is 9.47 Å². The summed E-state index contributed by atoms with van der Waals surface area (Å²) >= 11 is 0. The van der Waals surface area contributed by atoms with Gasteiger partial charge < -0.3 is 20.1 Å². The summed E-state index contributed by atoms with van der Waals surface area (Å²) < 4.78 is 13.3. The molecular weight excluding hydrogens is 390 g/mol. The number of ether oxygens (including phenoxy) is 2. The first kappa shape index (κ1) is 23.3. The predicted octanol–water partition coefficient (Wildman–Crippen LogP) is 3.25. The van der Waals surface area contributed by atoms with Crippen molar-refractivity contribution in [1.29, 1.82) is 0 Å². The van der Waals surface area contributed by atoms with Crippen LogP contribution in [-0.4, -0.2) is 61.3 Å². The Kier molecular flexibility index (Phi) is 9.86. The Labute approximate surface area is 186 Å². The summed E-state index contributed by atoms with van der Waals surface area (Å²) in [4.78, 5) is 4.71. The lowest BCUT2D eigenvalue weighted by atomic mass is 10.1. The molecule has 3 rings (SSSR count). The van der Waals surface area contributed by atoms with E-state index in [9.17, 15) is 0 Å². The van der Waals surface area contributed by atoms with Crippen molar-refractivity contribution in [3.05, 3.63) is 47.8 Å². The number of hydrogen-bond donors (Lipinski definition) is 2. The standard InChI is InChI=1S/C24H37N5O2/c1-3-25-24(27-15-9-16-30-19-23-13-8-17-31-23)26-14-7-10-21-18-29(28-20(21)2)22-11-5-4-6-12-22/h4-6,11-12,18,23H,3,7-10,13-17,19H2,1-2H3,(H2,25,26,27). The van der Waals surface area contributed by atoms with Gasteiger partial charge in [-0.25, -0.2) is 4.68 Å². The fourth-order valence-electron chi connectivity index (χ4n) is 3.63. The Bertz CT molecular complexity index is 785. The molecule has 2 aromatic rings. The number of rotatable bonds is 12. The van der Waals surface area contributed by atoms with Gasteiger partial charge in [0.25, 0.3) is 0 Å². The maximum Gasteiger partial charge on any atom is 0.191 e. The van der Waals surface area contributed by atoms with Gasteiger partial charge in [0.15, 0.2) is 5.96 Å². The number of para-hydroxylation sites is 1. The van der Waals surface area contributed by atoms with Crippen LogP contribution >= 0.6 is 0 Å². The molecule has 0 bridgehead atoms. The molecule has 0 aliphatic carbocycles. The Morgan fingerprint density at radius 2 is 2.13 bits per heavy atom. The number of guanidine groups is 1. The number of aliphatic imine (C=N–C) groups is 1. The van der Waals surface area contributed by atoms with Gasteiger partial charge in [-0.3, -0.25) is 4.99 Å². The molecule has 1 saturated heterocycles. The number of nitrogens with zero attached hydrogens (tertiary/aromatic N) is 3. The van der Waals surface area contributed by atoms with Gasteiger partial charge in [-0.2, -0.15) is 5.10 Å². The predicted molar refractivity (Wildman–Crippen MR) is 125 cm³/mol. The molecule has 1 aliphatic rings. The fourth-order valence-corrected chi connectivity index (χ4v) is 3.63. The van der Waals surface area contributed by atoms with Crippen molar-refractivity contribution in [3.63, 3.8) is 0 Å². The number of benzene rings is 1. The maximum absolute atomic E-state index is 5.72. The number of aromatic nitrogens is 2. The molecule has 0 amide bonds. The van der Waals surface area contributed by atoms with Gasteiger partial charge in [0, 0.05) is 39.0 Å². The van der Waals surface area contributed by atoms with Gasteiger partial charge in [-0.15, -0.1) is 0 Å².